The highest BCUT2D eigenvalue weighted by Gasteiger charge is 2.34. The van der Waals surface area contributed by atoms with E-state index in [0.29, 0.717) is 37.8 Å². The summed E-state index contributed by atoms with van der Waals surface area (Å²) in [6.07, 6.45) is 1.63. The quantitative estimate of drug-likeness (QED) is 0.250. The summed E-state index contributed by atoms with van der Waals surface area (Å²) in [5, 5.41) is 16.0. The second-order valence-electron chi connectivity index (χ2n) is 7.28. The first-order valence-electron chi connectivity index (χ1n) is 10.3. The molecule has 0 amide bonds. The molecule has 0 radical (unpaired) electrons. The number of anilines is 1. The smallest absolute Gasteiger partial charge is 0.191 e. The fraction of sp³-hybridized carbons (Fsp3) is 0.667. The number of rotatable bonds is 10. The second kappa shape index (κ2) is 13.2. The largest absolute Gasteiger partial charge is 0.396 e. The predicted octanol–water partition coefficient (Wildman–Crippen LogP) is 3.13. The van der Waals surface area contributed by atoms with Gasteiger partial charge in [0.05, 0.1) is 18.8 Å². The number of aliphatic hydroxyl groups is 1. The molecule has 2 rings (SSSR count). The standard InChI is InChI=1S/C21H35FN4O2.HI/c1-4-23-20(25-15-21(9-11-27)10-12-28-16-21)24-14-17-7-8-19(18(22)13-17)26(5-2)6-3;/h7-8,13,27H,4-6,9-12,14-16H2,1-3H3,(H2,23,24,25);1H. The van der Waals surface area contributed by atoms with Crippen LogP contribution < -0.4 is 15.5 Å². The van der Waals surface area contributed by atoms with E-state index in [0.717, 1.165) is 38.2 Å². The van der Waals surface area contributed by atoms with E-state index in [1.165, 1.54) is 0 Å². The van der Waals surface area contributed by atoms with Crippen LogP contribution >= 0.6 is 24.0 Å². The molecule has 0 aromatic heterocycles. The molecule has 0 saturated carbocycles. The van der Waals surface area contributed by atoms with Gasteiger partial charge in [0.15, 0.2) is 5.96 Å². The van der Waals surface area contributed by atoms with Crippen LogP contribution in [0.4, 0.5) is 10.1 Å². The zero-order valence-corrected chi connectivity index (χ0v) is 20.2. The molecule has 1 aromatic carbocycles. The second-order valence-corrected chi connectivity index (χ2v) is 7.28. The molecule has 1 unspecified atom stereocenters. The maximum absolute atomic E-state index is 14.5. The van der Waals surface area contributed by atoms with E-state index in [1.54, 1.807) is 6.07 Å². The lowest BCUT2D eigenvalue weighted by Crippen LogP contribution is -2.44. The number of hydrogen-bond donors (Lipinski definition) is 3. The molecule has 0 bridgehead atoms. The van der Waals surface area contributed by atoms with Crippen molar-refractivity contribution in [2.24, 2.45) is 10.4 Å². The number of aliphatic hydroxyl groups excluding tert-OH is 1. The van der Waals surface area contributed by atoms with Gasteiger partial charge in [-0.1, -0.05) is 6.07 Å². The number of guanidine groups is 1. The average Bonchev–Trinajstić information content (AvgIpc) is 3.15. The van der Waals surface area contributed by atoms with E-state index in [4.69, 9.17) is 4.74 Å². The Morgan fingerprint density at radius 3 is 2.59 bits per heavy atom. The Morgan fingerprint density at radius 1 is 1.28 bits per heavy atom. The van der Waals surface area contributed by atoms with Crippen LogP contribution in [0.2, 0.25) is 0 Å². The van der Waals surface area contributed by atoms with Gasteiger partial charge in [-0.2, -0.15) is 0 Å². The monoisotopic (exact) mass is 522 g/mol. The van der Waals surface area contributed by atoms with Gasteiger partial charge in [-0.25, -0.2) is 9.38 Å². The Bertz CT molecular complexity index is 635. The highest BCUT2D eigenvalue weighted by atomic mass is 127. The first kappa shape index (κ1) is 25.9. The molecule has 1 aliphatic rings. The fourth-order valence-electron chi connectivity index (χ4n) is 3.56. The molecule has 0 spiro atoms. The van der Waals surface area contributed by atoms with E-state index >= 15 is 0 Å². The predicted molar refractivity (Wildman–Crippen MR) is 128 cm³/mol. The molecule has 1 aromatic rings. The lowest BCUT2D eigenvalue weighted by atomic mass is 9.84. The number of nitrogens with one attached hydrogen (secondary N) is 2. The highest BCUT2D eigenvalue weighted by Crippen LogP contribution is 2.31. The van der Waals surface area contributed by atoms with Crippen molar-refractivity contribution in [3.05, 3.63) is 29.6 Å². The Morgan fingerprint density at radius 2 is 2.03 bits per heavy atom. The minimum atomic E-state index is -0.209. The number of halogens is 2. The highest BCUT2D eigenvalue weighted by molar-refractivity contribution is 14.0. The van der Waals surface area contributed by atoms with Crippen LogP contribution in [0, 0.1) is 11.2 Å². The van der Waals surface area contributed by atoms with Crippen LogP contribution in [0.5, 0.6) is 0 Å². The summed E-state index contributed by atoms with van der Waals surface area (Å²) in [4.78, 5) is 6.60. The Kier molecular flexibility index (Phi) is 11.8. The Balaban J connectivity index is 0.00000420. The average molecular weight is 522 g/mol. The van der Waals surface area contributed by atoms with E-state index in [-0.39, 0.29) is 41.8 Å². The molecule has 0 aliphatic carbocycles. The van der Waals surface area contributed by atoms with Crippen molar-refractivity contribution in [3.63, 3.8) is 0 Å². The fourth-order valence-corrected chi connectivity index (χ4v) is 3.56. The maximum atomic E-state index is 14.5. The zero-order valence-electron chi connectivity index (χ0n) is 17.8. The van der Waals surface area contributed by atoms with Gasteiger partial charge in [0.2, 0.25) is 0 Å². The summed E-state index contributed by atoms with van der Waals surface area (Å²) >= 11 is 0. The van der Waals surface area contributed by atoms with Gasteiger partial charge in [-0.05, 0) is 51.3 Å². The van der Waals surface area contributed by atoms with E-state index in [9.17, 15) is 9.50 Å². The molecular formula is C21H36FIN4O2. The SMILES string of the molecule is CCNC(=NCc1ccc(N(CC)CC)c(F)c1)NCC1(CCO)CCOC1.I. The number of benzene rings is 1. The summed E-state index contributed by atoms with van der Waals surface area (Å²) < 4.78 is 20.0. The van der Waals surface area contributed by atoms with E-state index in [1.807, 2.05) is 37.8 Å². The van der Waals surface area contributed by atoms with Gasteiger partial charge in [0, 0.05) is 44.8 Å². The van der Waals surface area contributed by atoms with Crippen LogP contribution in [0.15, 0.2) is 23.2 Å². The van der Waals surface area contributed by atoms with Gasteiger partial charge >= 0.3 is 0 Å². The number of hydrogen-bond acceptors (Lipinski definition) is 4. The summed E-state index contributed by atoms with van der Waals surface area (Å²) in [6.45, 7) is 11.0. The van der Waals surface area contributed by atoms with Crippen molar-refractivity contribution in [2.75, 3.05) is 50.9 Å². The number of nitrogens with zero attached hydrogens (tertiary/aromatic N) is 2. The topological polar surface area (TPSA) is 69.1 Å². The summed E-state index contributed by atoms with van der Waals surface area (Å²) in [5.41, 5.74) is 1.41. The maximum Gasteiger partial charge on any atom is 0.191 e. The van der Waals surface area contributed by atoms with Crippen molar-refractivity contribution in [3.8, 4) is 0 Å². The normalized spacial score (nSPS) is 19.0. The molecule has 1 fully saturated rings. The summed E-state index contributed by atoms with van der Waals surface area (Å²) in [6, 6.07) is 5.33. The van der Waals surface area contributed by atoms with Gasteiger partial charge in [-0.3, -0.25) is 0 Å². The van der Waals surface area contributed by atoms with Crippen molar-refractivity contribution < 1.29 is 14.2 Å². The molecule has 1 atom stereocenters. The van der Waals surface area contributed by atoms with Crippen molar-refractivity contribution in [2.45, 2.75) is 40.2 Å². The molecule has 3 N–H and O–H groups in total. The first-order valence-corrected chi connectivity index (χ1v) is 10.3. The molecule has 1 aliphatic heterocycles. The van der Waals surface area contributed by atoms with Crippen LogP contribution in [0.1, 0.15) is 39.2 Å². The van der Waals surface area contributed by atoms with Crippen LogP contribution in [0.3, 0.4) is 0 Å². The minimum absolute atomic E-state index is 0. The zero-order chi connectivity index (χ0) is 20.4. The van der Waals surface area contributed by atoms with Gasteiger partial charge < -0.3 is 25.4 Å². The molecule has 1 saturated heterocycles. The van der Waals surface area contributed by atoms with Gasteiger partial charge in [0.1, 0.15) is 5.82 Å². The third kappa shape index (κ3) is 7.57. The van der Waals surface area contributed by atoms with Gasteiger partial charge in [0.25, 0.3) is 0 Å². The lowest BCUT2D eigenvalue weighted by molar-refractivity contribution is 0.127. The van der Waals surface area contributed by atoms with Crippen LogP contribution in [-0.2, 0) is 11.3 Å². The van der Waals surface area contributed by atoms with Crippen LogP contribution in [0.25, 0.3) is 0 Å². The molecule has 166 valence electrons. The van der Waals surface area contributed by atoms with Crippen LogP contribution in [-0.4, -0.2) is 57.1 Å². The Hall–Kier alpha value is -1.13. The molecule has 29 heavy (non-hydrogen) atoms. The summed E-state index contributed by atoms with van der Waals surface area (Å²) in [7, 11) is 0. The molecule has 8 heteroatoms. The summed E-state index contributed by atoms with van der Waals surface area (Å²) in [5.74, 6) is 0.485. The van der Waals surface area contributed by atoms with E-state index < -0.39 is 0 Å². The van der Waals surface area contributed by atoms with Gasteiger partial charge in [-0.15, -0.1) is 24.0 Å². The Labute approximate surface area is 191 Å². The third-order valence-corrected chi connectivity index (χ3v) is 5.34. The number of aliphatic imine (C=N–C) groups is 1. The molecule has 1 heterocycles. The third-order valence-electron chi connectivity index (χ3n) is 5.34. The number of ether oxygens (including phenoxy) is 1. The van der Waals surface area contributed by atoms with Crippen molar-refractivity contribution in [1.29, 1.82) is 0 Å². The first-order chi connectivity index (χ1) is 13.6. The minimum Gasteiger partial charge on any atom is -0.396 e. The van der Waals surface area contributed by atoms with Crippen molar-refractivity contribution >= 4 is 35.6 Å². The van der Waals surface area contributed by atoms with E-state index in [2.05, 4.69) is 15.6 Å². The molecule has 6 nitrogen and oxygen atoms in total. The van der Waals surface area contributed by atoms with Crippen molar-refractivity contribution in [1.82, 2.24) is 10.6 Å². The molecular weight excluding hydrogens is 486 g/mol. The lowest BCUT2D eigenvalue weighted by Gasteiger charge is -2.27.